The van der Waals surface area contributed by atoms with E-state index in [0.717, 1.165) is 30.2 Å². The molecular weight excluding hydrogens is 468 g/mol. The summed E-state index contributed by atoms with van der Waals surface area (Å²) in [6.45, 7) is 3.39. The Morgan fingerprint density at radius 2 is 1.71 bits per heavy atom. The molecule has 1 atom stereocenters. The van der Waals surface area contributed by atoms with Crippen LogP contribution in [0.3, 0.4) is 0 Å². The van der Waals surface area contributed by atoms with Crippen LogP contribution < -0.4 is 20.4 Å². The maximum Gasteiger partial charge on any atom is 0.229 e. The number of anilines is 5. The fourth-order valence-corrected chi connectivity index (χ4v) is 4.32. The van der Waals surface area contributed by atoms with Crippen LogP contribution in [-0.4, -0.2) is 54.9 Å². The van der Waals surface area contributed by atoms with Crippen LogP contribution in [0.15, 0.2) is 60.8 Å². The first kappa shape index (κ1) is 23.1. The van der Waals surface area contributed by atoms with E-state index in [-0.39, 0.29) is 18.2 Å². The topological polar surface area (TPSA) is 99.7 Å². The number of nitrogens with one attached hydrogen (secondary N) is 2. The first-order valence-electron chi connectivity index (χ1n) is 11.4. The molecule has 3 heterocycles. The van der Waals surface area contributed by atoms with Gasteiger partial charge in [-0.1, -0.05) is 11.6 Å². The van der Waals surface area contributed by atoms with Crippen LogP contribution >= 0.6 is 11.6 Å². The summed E-state index contributed by atoms with van der Waals surface area (Å²) in [4.78, 5) is 29.1. The number of aromatic nitrogens is 2. The smallest absolute Gasteiger partial charge is 0.229 e. The minimum Gasteiger partial charge on any atom is -0.378 e. The van der Waals surface area contributed by atoms with Gasteiger partial charge in [-0.25, -0.2) is 0 Å². The molecule has 3 aromatic rings. The molecule has 2 N–H and O–H groups in total. The molecule has 2 fully saturated rings. The first-order chi connectivity index (χ1) is 17.0. The lowest BCUT2D eigenvalue weighted by Crippen LogP contribution is -2.36. The molecule has 1 unspecified atom stereocenters. The highest BCUT2D eigenvalue weighted by Crippen LogP contribution is 2.28. The maximum absolute atomic E-state index is 12.8. The van der Waals surface area contributed by atoms with Crippen LogP contribution in [0.2, 0.25) is 5.02 Å². The summed E-state index contributed by atoms with van der Waals surface area (Å²) >= 11 is 5.93. The number of carbonyl (C=O) groups is 2. The lowest BCUT2D eigenvalue weighted by Gasteiger charge is -2.28. The molecule has 0 bridgehead atoms. The lowest BCUT2D eigenvalue weighted by molar-refractivity contribution is -0.122. The Morgan fingerprint density at radius 1 is 1.00 bits per heavy atom. The monoisotopic (exact) mass is 492 g/mol. The van der Waals surface area contributed by atoms with Crippen LogP contribution in [0.25, 0.3) is 0 Å². The van der Waals surface area contributed by atoms with Crippen molar-refractivity contribution in [2.45, 2.75) is 6.42 Å². The van der Waals surface area contributed by atoms with Gasteiger partial charge in [0.1, 0.15) is 0 Å². The molecule has 0 saturated carbocycles. The summed E-state index contributed by atoms with van der Waals surface area (Å²) in [6.07, 6.45) is 1.92. The summed E-state index contributed by atoms with van der Waals surface area (Å²) in [5, 5.41) is 15.0. The second kappa shape index (κ2) is 10.3. The van der Waals surface area contributed by atoms with Crippen molar-refractivity contribution in [3.8, 4) is 0 Å². The molecule has 2 amide bonds. The summed E-state index contributed by atoms with van der Waals surface area (Å²) in [7, 11) is 0. The lowest BCUT2D eigenvalue weighted by atomic mass is 10.1. The van der Waals surface area contributed by atoms with E-state index in [0.29, 0.717) is 36.3 Å². The summed E-state index contributed by atoms with van der Waals surface area (Å²) < 4.78 is 5.41. The van der Waals surface area contributed by atoms with Crippen LogP contribution in [0.1, 0.15) is 6.42 Å². The molecule has 180 valence electrons. The van der Waals surface area contributed by atoms with Crippen molar-refractivity contribution in [3.05, 3.63) is 65.8 Å². The van der Waals surface area contributed by atoms with E-state index in [4.69, 9.17) is 16.3 Å². The van der Waals surface area contributed by atoms with E-state index in [1.54, 1.807) is 35.4 Å². The van der Waals surface area contributed by atoms with Gasteiger partial charge in [0.2, 0.25) is 11.8 Å². The zero-order chi connectivity index (χ0) is 24.2. The highest BCUT2D eigenvalue weighted by Gasteiger charge is 2.35. The van der Waals surface area contributed by atoms with Crippen molar-refractivity contribution in [2.75, 3.05) is 53.3 Å². The highest BCUT2D eigenvalue weighted by molar-refractivity contribution is 6.30. The number of hydrogen-bond donors (Lipinski definition) is 2. The Kier molecular flexibility index (Phi) is 6.78. The molecule has 0 spiro atoms. The zero-order valence-electron chi connectivity index (χ0n) is 19.0. The molecule has 2 aliphatic heterocycles. The Labute approximate surface area is 208 Å². The number of halogens is 1. The third-order valence-corrected chi connectivity index (χ3v) is 6.33. The molecule has 2 saturated heterocycles. The van der Waals surface area contributed by atoms with E-state index in [2.05, 4.69) is 25.7 Å². The molecule has 0 radical (unpaired) electrons. The van der Waals surface area contributed by atoms with Gasteiger partial charge in [-0.3, -0.25) is 9.59 Å². The Hall–Kier alpha value is -3.69. The van der Waals surface area contributed by atoms with Crippen molar-refractivity contribution < 1.29 is 14.3 Å². The van der Waals surface area contributed by atoms with E-state index < -0.39 is 5.92 Å². The molecule has 10 heteroatoms. The number of morpholine rings is 1. The number of benzene rings is 2. The predicted octanol–water partition coefficient (Wildman–Crippen LogP) is 3.70. The molecule has 1 aromatic heterocycles. The molecule has 5 rings (SSSR count). The van der Waals surface area contributed by atoms with Gasteiger partial charge in [-0.05, 0) is 48.5 Å². The summed E-state index contributed by atoms with van der Waals surface area (Å²) in [5.41, 5.74) is 3.21. The van der Waals surface area contributed by atoms with Gasteiger partial charge in [-0.15, -0.1) is 5.10 Å². The minimum absolute atomic E-state index is 0.0764. The zero-order valence-corrected chi connectivity index (χ0v) is 19.7. The summed E-state index contributed by atoms with van der Waals surface area (Å²) in [6, 6.07) is 16.3. The quantitative estimate of drug-likeness (QED) is 0.541. The number of amides is 2. The average Bonchev–Trinajstić information content (AvgIpc) is 3.28. The second-order valence-corrected chi connectivity index (χ2v) is 8.91. The highest BCUT2D eigenvalue weighted by atomic mass is 35.5. The normalized spacial score (nSPS) is 18.0. The average molecular weight is 493 g/mol. The maximum atomic E-state index is 12.8. The van der Waals surface area contributed by atoms with Crippen molar-refractivity contribution >= 4 is 52.0 Å². The van der Waals surface area contributed by atoms with Crippen molar-refractivity contribution in [3.63, 3.8) is 0 Å². The van der Waals surface area contributed by atoms with Gasteiger partial charge < -0.3 is 25.2 Å². The SMILES string of the molecule is O=C(Nc1ccc(Nc2cc(N3CCOCC3)cnn2)cc1)C1CC(=O)N(c2ccc(Cl)cc2)C1. The molecule has 35 heavy (non-hydrogen) atoms. The van der Waals surface area contributed by atoms with Gasteiger partial charge in [0.25, 0.3) is 0 Å². The fraction of sp³-hybridized carbons (Fsp3) is 0.280. The van der Waals surface area contributed by atoms with Crippen LogP contribution in [0, 0.1) is 5.92 Å². The second-order valence-electron chi connectivity index (χ2n) is 8.47. The molecule has 9 nitrogen and oxygen atoms in total. The van der Waals surface area contributed by atoms with Gasteiger partial charge in [0, 0.05) is 54.2 Å². The third-order valence-electron chi connectivity index (χ3n) is 6.08. The predicted molar refractivity (Wildman–Crippen MR) is 135 cm³/mol. The largest absolute Gasteiger partial charge is 0.378 e. The number of hydrogen-bond acceptors (Lipinski definition) is 7. The summed E-state index contributed by atoms with van der Waals surface area (Å²) in [5.74, 6) is -0.0428. The minimum atomic E-state index is -0.422. The number of nitrogens with zero attached hydrogens (tertiary/aromatic N) is 4. The molecule has 2 aliphatic rings. The van der Waals surface area contributed by atoms with E-state index in [9.17, 15) is 9.59 Å². The number of rotatable bonds is 6. The van der Waals surface area contributed by atoms with Gasteiger partial charge in [-0.2, -0.15) is 5.10 Å². The van der Waals surface area contributed by atoms with E-state index >= 15 is 0 Å². The Bertz CT molecular complexity index is 1200. The van der Waals surface area contributed by atoms with Crippen LogP contribution in [0.5, 0.6) is 0 Å². The molecule has 0 aliphatic carbocycles. The number of ether oxygens (including phenoxy) is 1. The van der Waals surface area contributed by atoms with Gasteiger partial charge in [0.05, 0.1) is 31.0 Å². The van der Waals surface area contributed by atoms with Crippen LogP contribution in [-0.2, 0) is 14.3 Å². The standard InChI is InChI=1S/C25H25ClN6O3/c26-18-1-7-21(8-2-18)32-16-17(13-24(32)33)25(34)29-20-5-3-19(4-6-20)28-23-14-22(15-27-30-23)31-9-11-35-12-10-31/h1-8,14-15,17H,9-13,16H2,(H,28,30)(H,29,34). The van der Waals surface area contributed by atoms with Gasteiger partial charge in [0.15, 0.2) is 5.82 Å². The van der Waals surface area contributed by atoms with Crippen molar-refractivity contribution in [2.24, 2.45) is 5.92 Å². The Balaban J connectivity index is 1.18. The first-order valence-corrected chi connectivity index (χ1v) is 11.8. The van der Waals surface area contributed by atoms with Gasteiger partial charge >= 0.3 is 0 Å². The van der Waals surface area contributed by atoms with E-state index in [1.807, 2.05) is 30.3 Å². The van der Waals surface area contributed by atoms with Crippen LogP contribution in [0.4, 0.5) is 28.6 Å². The van der Waals surface area contributed by atoms with Crippen molar-refractivity contribution in [1.29, 1.82) is 0 Å². The fourth-order valence-electron chi connectivity index (χ4n) is 4.19. The number of carbonyl (C=O) groups excluding carboxylic acids is 2. The Morgan fingerprint density at radius 3 is 2.46 bits per heavy atom. The van der Waals surface area contributed by atoms with Crippen molar-refractivity contribution in [1.82, 2.24) is 10.2 Å². The third kappa shape index (κ3) is 5.52. The molecule has 2 aromatic carbocycles. The molecular formula is C25H25ClN6O3. The van der Waals surface area contributed by atoms with E-state index in [1.165, 1.54) is 0 Å².